The molecule has 1 aromatic carbocycles. The fraction of sp³-hybridized carbons (Fsp3) is 0.250. The highest BCUT2D eigenvalue weighted by Gasteiger charge is 2.12. The third-order valence-electron chi connectivity index (χ3n) is 2.93. The molecular formula is C16H17NO3S. The Morgan fingerprint density at radius 1 is 1.14 bits per heavy atom. The van der Waals surface area contributed by atoms with Crippen molar-refractivity contribution in [2.45, 2.75) is 20.8 Å². The van der Waals surface area contributed by atoms with E-state index in [4.69, 9.17) is 4.74 Å². The molecule has 110 valence electrons. The van der Waals surface area contributed by atoms with E-state index < -0.39 is 5.97 Å². The van der Waals surface area contributed by atoms with Gasteiger partial charge >= 0.3 is 5.97 Å². The standard InChI is InChI=1S/C16H17NO3S/c1-10-4-6-13(11(2)8-10)17-15(18)9-20-16(19)14-7-5-12(3)21-14/h4-8H,9H2,1-3H3,(H,17,18). The van der Waals surface area contributed by atoms with Crippen LogP contribution in [0.25, 0.3) is 0 Å². The molecule has 0 fully saturated rings. The Morgan fingerprint density at radius 3 is 2.52 bits per heavy atom. The molecule has 0 spiro atoms. The van der Waals surface area contributed by atoms with Crippen LogP contribution in [0.4, 0.5) is 5.69 Å². The number of esters is 1. The number of hydrogen-bond acceptors (Lipinski definition) is 4. The van der Waals surface area contributed by atoms with Crippen LogP contribution in [0.3, 0.4) is 0 Å². The van der Waals surface area contributed by atoms with Gasteiger partial charge in [-0.1, -0.05) is 17.7 Å². The highest BCUT2D eigenvalue weighted by atomic mass is 32.1. The first-order valence-corrected chi connectivity index (χ1v) is 7.38. The second-order valence-electron chi connectivity index (χ2n) is 4.85. The predicted molar refractivity (Wildman–Crippen MR) is 83.9 cm³/mol. The van der Waals surface area contributed by atoms with Gasteiger partial charge < -0.3 is 10.1 Å². The molecule has 1 heterocycles. The molecule has 0 aliphatic rings. The lowest BCUT2D eigenvalue weighted by Gasteiger charge is -2.09. The van der Waals surface area contributed by atoms with E-state index in [1.54, 1.807) is 6.07 Å². The number of aryl methyl sites for hydroxylation is 3. The van der Waals surface area contributed by atoms with Crippen LogP contribution in [0.5, 0.6) is 0 Å². The van der Waals surface area contributed by atoms with Crippen molar-refractivity contribution >= 4 is 28.9 Å². The van der Waals surface area contributed by atoms with Crippen LogP contribution in [-0.4, -0.2) is 18.5 Å². The largest absolute Gasteiger partial charge is 0.451 e. The zero-order chi connectivity index (χ0) is 15.4. The number of nitrogens with one attached hydrogen (secondary N) is 1. The smallest absolute Gasteiger partial charge is 0.348 e. The van der Waals surface area contributed by atoms with Crippen molar-refractivity contribution in [1.82, 2.24) is 0 Å². The molecule has 0 atom stereocenters. The highest BCUT2D eigenvalue weighted by Crippen LogP contribution is 2.17. The van der Waals surface area contributed by atoms with Crippen molar-refractivity contribution in [2.24, 2.45) is 0 Å². The zero-order valence-electron chi connectivity index (χ0n) is 12.2. The van der Waals surface area contributed by atoms with Gasteiger partial charge in [0.1, 0.15) is 4.88 Å². The fourth-order valence-electron chi connectivity index (χ4n) is 1.89. The van der Waals surface area contributed by atoms with Gasteiger partial charge in [0.2, 0.25) is 0 Å². The van der Waals surface area contributed by atoms with Crippen LogP contribution in [0.15, 0.2) is 30.3 Å². The Morgan fingerprint density at radius 2 is 1.90 bits per heavy atom. The summed E-state index contributed by atoms with van der Waals surface area (Å²) in [4.78, 5) is 25.1. The third kappa shape index (κ3) is 4.16. The summed E-state index contributed by atoms with van der Waals surface area (Å²) in [5.74, 6) is -0.813. The van der Waals surface area contributed by atoms with Crippen molar-refractivity contribution in [3.63, 3.8) is 0 Å². The molecule has 4 nitrogen and oxygen atoms in total. The average molecular weight is 303 g/mol. The van der Waals surface area contributed by atoms with E-state index in [2.05, 4.69) is 5.32 Å². The maximum atomic E-state index is 11.8. The molecule has 1 N–H and O–H groups in total. The van der Waals surface area contributed by atoms with Gasteiger partial charge in [-0.3, -0.25) is 4.79 Å². The fourth-order valence-corrected chi connectivity index (χ4v) is 2.65. The molecule has 1 amide bonds. The van der Waals surface area contributed by atoms with Crippen LogP contribution in [0.2, 0.25) is 0 Å². The number of anilines is 1. The molecule has 5 heteroatoms. The minimum atomic E-state index is -0.469. The second-order valence-corrected chi connectivity index (χ2v) is 6.14. The number of ether oxygens (including phenoxy) is 1. The lowest BCUT2D eigenvalue weighted by atomic mass is 10.1. The Balaban J connectivity index is 1.89. The number of thiophene rings is 1. The lowest BCUT2D eigenvalue weighted by molar-refractivity contribution is -0.119. The quantitative estimate of drug-likeness (QED) is 0.880. The van der Waals surface area contributed by atoms with Crippen LogP contribution in [0, 0.1) is 20.8 Å². The first-order chi connectivity index (χ1) is 9.95. The molecule has 0 aliphatic heterocycles. The van der Waals surface area contributed by atoms with Crippen LogP contribution < -0.4 is 5.32 Å². The first kappa shape index (κ1) is 15.3. The van der Waals surface area contributed by atoms with Crippen molar-refractivity contribution in [3.05, 3.63) is 51.2 Å². The molecule has 0 saturated carbocycles. The molecule has 0 bridgehead atoms. The number of hydrogen-bond donors (Lipinski definition) is 1. The van der Waals surface area contributed by atoms with Crippen molar-refractivity contribution in [1.29, 1.82) is 0 Å². The van der Waals surface area contributed by atoms with Gasteiger partial charge in [-0.2, -0.15) is 0 Å². The van der Waals surface area contributed by atoms with Gasteiger partial charge in [-0.25, -0.2) is 4.79 Å². The Hall–Kier alpha value is -2.14. The molecule has 0 aliphatic carbocycles. The number of carbonyl (C=O) groups is 2. The molecule has 0 saturated heterocycles. The summed E-state index contributed by atoms with van der Waals surface area (Å²) in [5, 5.41) is 2.74. The predicted octanol–water partition coefficient (Wildman–Crippen LogP) is 3.47. The average Bonchev–Trinajstić information content (AvgIpc) is 2.86. The van der Waals surface area contributed by atoms with Gasteiger partial charge in [-0.15, -0.1) is 11.3 Å². The Bertz CT molecular complexity index is 676. The van der Waals surface area contributed by atoms with Crippen LogP contribution in [-0.2, 0) is 9.53 Å². The minimum Gasteiger partial charge on any atom is -0.451 e. The molecule has 2 aromatic rings. The summed E-state index contributed by atoms with van der Waals surface area (Å²) in [6.45, 7) is 5.53. The molecule has 0 radical (unpaired) electrons. The van der Waals surface area contributed by atoms with E-state index in [0.717, 1.165) is 21.7 Å². The summed E-state index contributed by atoms with van der Waals surface area (Å²) >= 11 is 1.35. The van der Waals surface area contributed by atoms with E-state index in [9.17, 15) is 9.59 Å². The zero-order valence-corrected chi connectivity index (χ0v) is 13.0. The molecule has 1 aromatic heterocycles. The number of rotatable bonds is 4. The second kappa shape index (κ2) is 6.54. The SMILES string of the molecule is Cc1ccc(NC(=O)COC(=O)c2ccc(C)s2)c(C)c1. The van der Waals surface area contributed by atoms with Gasteiger partial charge in [-0.05, 0) is 44.5 Å². The maximum Gasteiger partial charge on any atom is 0.348 e. The van der Waals surface area contributed by atoms with E-state index >= 15 is 0 Å². The van der Waals surface area contributed by atoms with E-state index in [1.807, 2.05) is 45.0 Å². The van der Waals surface area contributed by atoms with Gasteiger partial charge in [0.25, 0.3) is 5.91 Å². The number of benzene rings is 1. The normalized spacial score (nSPS) is 10.2. The van der Waals surface area contributed by atoms with Crippen LogP contribution >= 0.6 is 11.3 Å². The monoisotopic (exact) mass is 303 g/mol. The van der Waals surface area contributed by atoms with Gasteiger partial charge in [0.05, 0.1) is 0 Å². The summed E-state index contributed by atoms with van der Waals surface area (Å²) in [6, 6.07) is 9.29. The van der Waals surface area contributed by atoms with E-state index in [1.165, 1.54) is 11.3 Å². The molecule has 2 rings (SSSR count). The summed E-state index contributed by atoms with van der Waals surface area (Å²) in [5.41, 5.74) is 2.84. The molecule has 0 unspecified atom stereocenters. The Kier molecular flexibility index (Phi) is 4.75. The summed E-state index contributed by atoms with van der Waals surface area (Å²) in [7, 11) is 0. The highest BCUT2D eigenvalue weighted by molar-refractivity contribution is 7.13. The first-order valence-electron chi connectivity index (χ1n) is 6.56. The summed E-state index contributed by atoms with van der Waals surface area (Å²) in [6.07, 6.45) is 0. The van der Waals surface area contributed by atoms with E-state index in [-0.39, 0.29) is 12.5 Å². The van der Waals surface area contributed by atoms with Crippen molar-refractivity contribution < 1.29 is 14.3 Å². The van der Waals surface area contributed by atoms with Crippen molar-refractivity contribution in [2.75, 3.05) is 11.9 Å². The number of amides is 1. The van der Waals surface area contributed by atoms with Gasteiger partial charge in [0.15, 0.2) is 6.61 Å². The molecular weight excluding hydrogens is 286 g/mol. The number of carbonyl (C=O) groups excluding carboxylic acids is 2. The third-order valence-corrected chi connectivity index (χ3v) is 3.91. The lowest BCUT2D eigenvalue weighted by Crippen LogP contribution is -2.21. The van der Waals surface area contributed by atoms with E-state index in [0.29, 0.717) is 4.88 Å². The van der Waals surface area contributed by atoms with Gasteiger partial charge in [0, 0.05) is 10.6 Å². The topological polar surface area (TPSA) is 55.4 Å². The van der Waals surface area contributed by atoms with Crippen LogP contribution in [0.1, 0.15) is 25.7 Å². The maximum absolute atomic E-state index is 11.8. The molecule has 21 heavy (non-hydrogen) atoms. The summed E-state index contributed by atoms with van der Waals surface area (Å²) < 4.78 is 5.00. The Labute approximate surface area is 127 Å². The minimum absolute atomic E-state index is 0.289. The van der Waals surface area contributed by atoms with Crippen molar-refractivity contribution in [3.8, 4) is 0 Å².